The van der Waals surface area contributed by atoms with Crippen LogP contribution in [0.5, 0.6) is 11.5 Å². The van der Waals surface area contributed by atoms with Gasteiger partial charge >= 0.3 is 0 Å². The molecule has 0 aliphatic carbocycles. The lowest BCUT2D eigenvalue weighted by molar-refractivity contribution is 0.102. The standard InChI is InChI=1S/C22H17BrN2O4/c1-27-18-7-4-8-19(28-2)20(18)21(26)24-15-9-10-17-16(12-15)25-22(29-17)13-5-3-6-14(23)11-13/h3-12H,1-2H3,(H,24,26). The number of amides is 1. The Morgan fingerprint density at radius 1 is 1.00 bits per heavy atom. The molecule has 0 aliphatic rings. The third-order valence-electron chi connectivity index (χ3n) is 4.37. The Balaban J connectivity index is 1.65. The molecule has 1 N–H and O–H groups in total. The molecule has 3 aromatic carbocycles. The number of nitrogens with zero attached hydrogens (tertiary/aromatic N) is 1. The summed E-state index contributed by atoms with van der Waals surface area (Å²) in [7, 11) is 3.02. The Bertz CT molecular complexity index is 1180. The lowest BCUT2D eigenvalue weighted by Gasteiger charge is -2.12. The van der Waals surface area contributed by atoms with E-state index in [1.54, 1.807) is 36.4 Å². The number of halogens is 1. The number of fused-ring (bicyclic) bond motifs is 1. The first-order valence-electron chi connectivity index (χ1n) is 8.78. The van der Waals surface area contributed by atoms with Crippen LogP contribution in [0.3, 0.4) is 0 Å². The molecule has 6 nitrogen and oxygen atoms in total. The quantitative estimate of drug-likeness (QED) is 0.431. The average Bonchev–Trinajstić information content (AvgIpc) is 3.16. The maximum atomic E-state index is 12.9. The number of methoxy groups -OCH3 is 2. The maximum Gasteiger partial charge on any atom is 0.263 e. The Labute approximate surface area is 175 Å². The second-order valence-electron chi connectivity index (χ2n) is 6.20. The van der Waals surface area contributed by atoms with E-state index in [1.807, 2.05) is 24.3 Å². The van der Waals surface area contributed by atoms with Crippen LogP contribution in [-0.4, -0.2) is 25.1 Å². The molecule has 0 aliphatic heterocycles. The number of carbonyl (C=O) groups excluding carboxylic acids is 1. The number of hydrogen-bond acceptors (Lipinski definition) is 5. The van der Waals surface area contributed by atoms with Crippen LogP contribution in [0.15, 0.2) is 69.6 Å². The van der Waals surface area contributed by atoms with Crippen molar-refractivity contribution < 1.29 is 18.7 Å². The summed E-state index contributed by atoms with van der Waals surface area (Å²) in [4.78, 5) is 17.4. The van der Waals surface area contributed by atoms with Gasteiger partial charge in [-0.3, -0.25) is 4.79 Å². The number of anilines is 1. The van der Waals surface area contributed by atoms with Gasteiger partial charge < -0.3 is 19.2 Å². The molecule has 0 fully saturated rings. The lowest BCUT2D eigenvalue weighted by Crippen LogP contribution is -2.14. The Kier molecular flexibility index (Phi) is 5.22. The van der Waals surface area contributed by atoms with E-state index in [9.17, 15) is 4.79 Å². The maximum absolute atomic E-state index is 12.9. The Hall–Kier alpha value is -3.32. The minimum absolute atomic E-state index is 0.326. The van der Waals surface area contributed by atoms with Gasteiger partial charge in [0.15, 0.2) is 5.58 Å². The predicted octanol–water partition coefficient (Wildman–Crippen LogP) is 5.53. The van der Waals surface area contributed by atoms with Crippen molar-refractivity contribution in [3.05, 3.63) is 70.7 Å². The van der Waals surface area contributed by atoms with Crippen molar-refractivity contribution in [3.8, 4) is 23.0 Å². The summed E-state index contributed by atoms with van der Waals surface area (Å²) in [5.41, 5.74) is 3.05. The third kappa shape index (κ3) is 3.82. The average molecular weight is 453 g/mol. The second-order valence-corrected chi connectivity index (χ2v) is 7.12. The van der Waals surface area contributed by atoms with Gasteiger partial charge in [0.1, 0.15) is 22.6 Å². The van der Waals surface area contributed by atoms with E-state index in [2.05, 4.69) is 26.2 Å². The number of nitrogens with one attached hydrogen (secondary N) is 1. The zero-order valence-corrected chi connectivity index (χ0v) is 17.3. The molecule has 1 heterocycles. The molecule has 0 bridgehead atoms. The Morgan fingerprint density at radius 2 is 1.72 bits per heavy atom. The molecule has 146 valence electrons. The first kappa shape index (κ1) is 19.0. The van der Waals surface area contributed by atoms with Gasteiger partial charge in [0.2, 0.25) is 5.89 Å². The fraction of sp³-hybridized carbons (Fsp3) is 0.0909. The van der Waals surface area contributed by atoms with Gasteiger partial charge in [-0.05, 0) is 48.5 Å². The normalized spacial score (nSPS) is 10.7. The summed E-state index contributed by atoms with van der Waals surface area (Å²) < 4.78 is 17.4. The lowest BCUT2D eigenvalue weighted by atomic mass is 10.1. The van der Waals surface area contributed by atoms with Gasteiger partial charge in [-0.25, -0.2) is 4.98 Å². The summed E-state index contributed by atoms with van der Waals surface area (Å²) in [6.45, 7) is 0. The molecule has 0 spiro atoms. The van der Waals surface area contributed by atoms with Gasteiger partial charge in [-0.2, -0.15) is 0 Å². The van der Waals surface area contributed by atoms with Crippen LogP contribution >= 0.6 is 15.9 Å². The first-order chi connectivity index (χ1) is 14.1. The van der Waals surface area contributed by atoms with E-state index in [0.717, 1.165) is 10.0 Å². The van der Waals surface area contributed by atoms with Gasteiger partial charge in [-0.15, -0.1) is 0 Å². The zero-order valence-electron chi connectivity index (χ0n) is 15.7. The predicted molar refractivity (Wildman–Crippen MR) is 115 cm³/mol. The number of ether oxygens (including phenoxy) is 2. The molecule has 4 rings (SSSR count). The van der Waals surface area contributed by atoms with Gasteiger partial charge in [-0.1, -0.05) is 28.1 Å². The van der Waals surface area contributed by atoms with Gasteiger partial charge in [0.25, 0.3) is 5.91 Å². The SMILES string of the molecule is COc1cccc(OC)c1C(=O)Nc1ccc2oc(-c3cccc(Br)c3)nc2c1. The van der Waals surface area contributed by atoms with Crippen molar-refractivity contribution >= 4 is 38.6 Å². The monoisotopic (exact) mass is 452 g/mol. The Morgan fingerprint density at radius 3 is 2.41 bits per heavy atom. The van der Waals surface area contributed by atoms with Crippen molar-refractivity contribution in [2.24, 2.45) is 0 Å². The molecule has 1 amide bonds. The number of benzene rings is 3. The molecule has 29 heavy (non-hydrogen) atoms. The van der Waals surface area contributed by atoms with Gasteiger partial charge in [0, 0.05) is 15.7 Å². The molecule has 0 atom stereocenters. The van der Waals surface area contributed by atoms with E-state index >= 15 is 0 Å². The first-order valence-corrected chi connectivity index (χ1v) is 9.57. The van der Waals surface area contributed by atoms with E-state index in [0.29, 0.717) is 39.7 Å². The van der Waals surface area contributed by atoms with E-state index < -0.39 is 0 Å². The van der Waals surface area contributed by atoms with Crippen molar-refractivity contribution in [2.75, 3.05) is 19.5 Å². The summed E-state index contributed by atoms with van der Waals surface area (Å²) in [5.74, 6) is 1.04. The molecule has 4 aromatic rings. The molecular weight excluding hydrogens is 436 g/mol. The van der Waals surface area contributed by atoms with Gasteiger partial charge in [0.05, 0.1) is 14.2 Å². The topological polar surface area (TPSA) is 73.6 Å². The largest absolute Gasteiger partial charge is 0.496 e. The molecule has 0 saturated carbocycles. The summed E-state index contributed by atoms with van der Waals surface area (Å²) in [6.07, 6.45) is 0. The molecular formula is C22H17BrN2O4. The highest BCUT2D eigenvalue weighted by Crippen LogP contribution is 2.31. The van der Waals surface area contributed by atoms with Crippen molar-refractivity contribution in [1.82, 2.24) is 4.98 Å². The van der Waals surface area contributed by atoms with E-state index in [4.69, 9.17) is 13.9 Å². The second kappa shape index (κ2) is 7.97. The highest BCUT2D eigenvalue weighted by atomic mass is 79.9. The highest BCUT2D eigenvalue weighted by Gasteiger charge is 2.19. The minimum atomic E-state index is -0.339. The zero-order chi connectivity index (χ0) is 20.4. The minimum Gasteiger partial charge on any atom is -0.496 e. The van der Waals surface area contributed by atoms with Crippen LogP contribution in [0, 0.1) is 0 Å². The number of oxazole rings is 1. The molecule has 0 unspecified atom stereocenters. The third-order valence-corrected chi connectivity index (χ3v) is 4.87. The summed E-state index contributed by atoms with van der Waals surface area (Å²) in [5, 5.41) is 2.87. The molecule has 7 heteroatoms. The molecule has 0 saturated heterocycles. The molecule has 1 aromatic heterocycles. The number of aromatic nitrogens is 1. The number of hydrogen-bond donors (Lipinski definition) is 1. The fourth-order valence-electron chi connectivity index (χ4n) is 3.02. The van der Waals surface area contributed by atoms with Crippen LogP contribution < -0.4 is 14.8 Å². The fourth-order valence-corrected chi connectivity index (χ4v) is 3.42. The number of carbonyl (C=O) groups is 1. The summed E-state index contributed by atoms with van der Waals surface area (Å²) >= 11 is 3.45. The van der Waals surface area contributed by atoms with Crippen molar-refractivity contribution in [3.63, 3.8) is 0 Å². The highest BCUT2D eigenvalue weighted by molar-refractivity contribution is 9.10. The van der Waals surface area contributed by atoms with Crippen LogP contribution in [-0.2, 0) is 0 Å². The summed E-state index contributed by atoms with van der Waals surface area (Å²) in [6, 6.07) is 18.2. The van der Waals surface area contributed by atoms with Crippen molar-refractivity contribution in [1.29, 1.82) is 0 Å². The smallest absolute Gasteiger partial charge is 0.263 e. The number of rotatable bonds is 5. The van der Waals surface area contributed by atoms with E-state index in [1.165, 1.54) is 14.2 Å². The van der Waals surface area contributed by atoms with Crippen LogP contribution in [0.4, 0.5) is 5.69 Å². The van der Waals surface area contributed by atoms with Crippen LogP contribution in [0.2, 0.25) is 0 Å². The molecule has 0 radical (unpaired) electrons. The van der Waals surface area contributed by atoms with Crippen molar-refractivity contribution in [2.45, 2.75) is 0 Å². The van der Waals surface area contributed by atoms with Crippen LogP contribution in [0.25, 0.3) is 22.6 Å². The van der Waals surface area contributed by atoms with Crippen LogP contribution in [0.1, 0.15) is 10.4 Å². The van der Waals surface area contributed by atoms with E-state index in [-0.39, 0.29) is 5.91 Å².